The Balaban J connectivity index is 1.53. The molecule has 8 nitrogen and oxygen atoms in total. The van der Waals surface area contributed by atoms with Gasteiger partial charge in [-0.25, -0.2) is 13.4 Å². The highest BCUT2D eigenvalue weighted by Gasteiger charge is 2.29. The number of thioether (sulfide) groups is 1. The summed E-state index contributed by atoms with van der Waals surface area (Å²) in [6.07, 6.45) is 2.49. The van der Waals surface area contributed by atoms with Crippen LogP contribution >= 0.6 is 23.4 Å². The molecule has 0 spiro atoms. The van der Waals surface area contributed by atoms with Gasteiger partial charge in [0.1, 0.15) is 5.82 Å². The van der Waals surface area contributed by atoms with E-state index in [1.165, 1.54) is 6.20 Å². The fourth-order valence-corrected chi connectivity index (χ4v) is 5.20. The predicted octanol–water partition coefficient (Wildman–Crippen LogP) is 2.21. The maximum absolute atomic E-state index is 12.2. The van der Waals surface area contributed by atoms with Crippen molar-refractivity contribution in [1.29, 1.82) is 0 Å². The molecule has 0 radical (unpaired) electrons. The highest BCUT2D eigenvalue weighted by atomic mass is 35.5. The van der Waals surface area contributed by atoms with E-state index in [1.54, 1.807) is 19.1 Å². The zero-order chi connectivity index (χ0) is 18.7. The quantitative estimate of drug-likeness (QED) is 0.712. The first-order valence-electron chi connectivity index (χ1n) is 7.92. The Kier molecular flexibility index (Phi) is 5.83. The van der Waals surface area contributed by atoms with Gasteiger partial charge in [0.15, 0.2) is 9.84 Å². The number of nitrogens with zero attached hydrogens (tertiary/aromatic N) is 3. The summed E-state index contributed by atoms with van der Waals surface area (Å²) < 4.78 is 28.5. The number of halogens is 1. The molecule has 11 heteroatoms. The minimum atomic E-state index is -2.93. The Hall–Kier alpha value is -1.65. The lowest BCUT2D eigenvalue weighted by Gasteiger charge is -2.09. The van der Waals surface area contributed by atoms with Gasteiger partial charge in [0, 0.05) is 12.6 Å². The van der Waals surface area contributed by atoms with Gasteiger partial charge in [0.05, 0.1) is 21.8 Å². The van der Waals surface area contributed by atoms with Gasteiger partial charge in [-0.05, 0) is 31.4 Å². The summed E-state index contributed by atoms with van der Waals surface area (Å²) in [4.78, 5) is 16.2. The number of hydrogen-bond donors (Lipinski definition) is 1. The fraction of sp³-hybridized carbons (Fsp3) is 0.467. The van der Waals surface area contributed by atoms with Crippen LogP contribution in [0.3, 0.4) is 0 Å². The number of aromatic nitrogens is 3. The van der Waals surface area contributed by atoms with Crippen LogP contribution in [0.15, 0.2) is 28.0 Å². The molecule has 3 rings (SSSR count). The van der Waals surface area contributed by atoms with Gasteiger partial charge < -0.3 is 9.73 Å². The first-order chi connectivity index (χ1) is 12.3. The van der Waals surface area contributed by atoms with Gasteiger partial charge in [0.25, 0.3) is 5.22 Å². The normalized spacial score (nSPS) is 20.0. The van der Waals surface area contributed by atoms with Crippen LogP contribution in [0.4, 0.5) is 5.82 Å². The van der Waals surface area contributed by atoms with E-state index in [0.29, 0.717) is 29.6 Å². The Morgan fingerprint density at radius 2 is 2.27 bits per heavy atom. The molecule has 1 N–H and O–H groups in total. The summed E-state index contributed by atoms with van der Waals surface area (Å²) >= 11 is 6.88. The van der Waals surface area contributed by atoms with E-state index in [-0.39, 0.29) is 28.6 Å². The van der Waals surface area contributed by atoms with Gasteiger partial charge in [-0.3, -0.25) is 4.79 Å². The van der Waals surface area contributed by atoms with Gasteiger partial charge in [0.2, 0.25) is 11.8 Å². The average Bonchev–Trinajstić information content (AvgIpc) is 3.15. The molecular weight excluding hydrogens is 400 g/mol. The molecule has 1 amide bonds. The highest BCUT2D eigenvalue weighted by Crippen LogP contribution is 2.26. The zero-order valence-corrected chi connectivity index (χ0v) is 16.3. The van der Waals surface area contributed by atoms with Crippen molar-refractivity contribution in [3.63, 3.8) is 0 Å². The van der Waals surface area contributed by atoms with E-state index in [0.717, 1.165) is 11.8 Å². The van der Waals surface area contributed by atoms with E-state index in [4.69, 9.17) is 16.0 Å². The lowest BCUT2D eigenvalue weighted by Crippen LogP contribution is -2.22. The van der Waals surface area contributed by atoms with Crippen molar-refractivity contribution in [2.75, 3.05) is 16.8 Å². The van der Waals surface area contributed by atoms with Crippen LogP contribution in [-0.2, 0) is 21.1 Å². The number of nitrogens with one attached hydrogen (secondary N) is 1. The molecule has 0 aromatic carbocycles. The summed E-state index contributed by atoms with van der Waals surface area (Å²) in [6, 6.07) is 3.24. The molecule has 1 aliphatic heterocycles. The standard InChI is InChI=1S/C15H17ClN4O4S2/c1-9(14(21)18-12-3-2-11(16)7-17-12)25-15-20-19-13(24-15)6-10-4-5-26(22,23)8-10/h2-3,7,9-10H,4-6,8H2,1H3,(H,17,18,21)/t9-,10+/m0/s1. The van der Waals surface area contributed by atoms with E-state index in [2.05, 4.69) is 20.5 Å². The Bertz CT molecular complexity index is 885. The van der Waals surface area contributed by atoms with Crippen molar-refractivity contribution in [2.45, 2.75) is 30.2 Å². The number of sulfone groups is 1. The SMILES string of the molecule is C[C@H](Sc1nnc(C[C@H]2CCS(=O)(=O)C2)o1)C(=O)Nc1ccc(Cl)cn1. The minimum absolute atomic E-state index is 0.00926. The zero-order valence-electron chi connectivity index (χ0n) is 13.9. The summed E-state index contributed by atoms with van der Waals surface area (Å²) in [6.45, 7) is 1.71. The third-order valence-corrected chi connectivity index (χ3v) is 6.86. The number of pyridine rings is 1. The largest absolute Gasteiger partial charge is 0.416 e. The number of amides is 1. The molecule has 2 atom stereocenters. The summed E-state index contributed by atoms with van der Waals surface area (Å²) in [5, 5.41) is 10.8. The molecule has 2 aromatic rings. The summed E-state index contributed by atoms with van der Waals surface area (Å²) in [5.74, 6) is 0.914. The molecule has 0 bridgehead atoms. The number of rotatable bonds is 6. The number of hydrogen-bond acceptors (Lipinski definition) is 8. The third kappa shape index (κ3) is 5.18. The molecular formula is C15H17ClN4O4S2. The fourth-order valence-electron chi connectivity index (χ4n) is 2.53. The monoisotopic (exact) mass is 416 g/mol. The van der Waals surface area contributed by atoms with Crippen LogP contribution in [-0.4, -0.2) is 46.3 Å². The van der Waals surface area contributed by atoms with Gasteiger partial charge in [-0.1, -0.05) is 23.4 Å². The van der Waals surface area contributed by atoms with Crippen LogP contribution in [0, 0.1) is 5.92 Å². The molecule has 1 fully saturated rings. The molecule has 1 aliphatic rings. The molecule has 3 heterocycles. The Labute approximate surface area is 160 Å². The molecule has 0 unspecified atom stereocenters. The Morgan fingerprint density at radius 3 is 2.92 bits per heavy atom. The van der Waals surface area contributed by atoms with E-state index >= 15 is 0 Å². The van der Waals surface area contributed by atoms with Crippen LogP contribution in [0.25, 0.3) is 0 Å². The van der Waals surface area contributed by atoms with E-state index in [9.17, 15) is 13.2 Å². The van der Waals surface area contributed by atoms with Crippen molar-refractivity contribution in [3.8, 4) is 0 Å². The number of carbonyl (C=O) groups is 1. The Morgan fingerprint density at radius 1 is 1.46 bits per heavy atom. The minimum Gasteiger partial charge on any atom is -0.416 e. The van der Waals surface area contributed by atoms with Crippen molar-refractivity contribution < 1.29 is 17.6 Å². The first-order valence-corrected chi connectivity index (χ1v) is 11.0. The van der Waals surface area contributed by atoms with Gasteiger partial charge in [-0.15, -0.1) is 10.2 Å². The van der Waals surface area contributed by atoms with E-state index in [1.807, 2.05) is 0 Å². The van der Waals surface area contributed by atoms with Crippen molar-refractivity contribution in [3.05, 3.63) is 29.2 Å². The second kappa shape index (κ2) is 7.93. The number of carbonyl (C=O) groups excluding carboxylic acids is 1. The van der Waals surface area contributed by atoms with Crippen molar-refractivity contribution >= 4 is 44.9 Å². The predicted molar refractivity (Wildman–Crippen MR) is 98.0 cm³/mol. The molecule has 140 valence electrons. The first kappa shape index (κ1) is 19.1. The average molecular weight is 417 g/mol. The molecule has 0 saturated carbocycles. The van der Waals surface area contributed by atoms with Crippen molar-refractivity contribution in [1.82, 2.24) is 15.2 Å². The molecule has 0 aliphatic carbocycles. The third-order valence-electron chi connectivity index (χ3n) is 3.86. The number of anilines is 1. The van der Waals surface area contributed by atoms with Crippen LogP contribution in [0.5, 0.6) is 0 Å². The van der Waals surface area contributed by atoms with Gasteiger partial charge in [-0.2, -0.15) is 0 Å². The summed E-state index contributed by atoms with van der Waals surface area (Å²) in [5.41, 5.74) is 0. The highest BCUT2D eigenvalue weighted by molar-refractivity contribution is 8.00. The summed E-state index contributed by atoms with van der Waals surface area (Å²) in [7, 11) is -2.93. The van der Waals surface area contributed by atoms with Crippen LogP contribution in [0.1, 0.15) is 19.2 Å². The topological polar surface area (TPSA) is 115 Å². The lowest BCUT2D eigenvalue weighted by molar-refractivity contribution is -0.115. The second-order valence-electron chi connectivity index (χ2n) is 6.05. The van der Waals surface area contributed by atoms with Crippen molar-refractivity contribution in [2.24, 2.45) is 5.92 Å². The molecule has 26 heavy (non-hydrogen) atoms. The smallest absolute Gasteiger partial charge is 0.277 e. The van der Waals surface area contributed by atoms with Crippen LogP contribution < -0.4 is 5.32 Å². The van der Waals surface area contributed by atoms with Gasteiger partial charge >= 0.3 is 0 Å². The van der Waals surface area contributed by atoms with Crippen LogP contribution in [0.2, 0.25) is 5.02 Å². The maximum Gasteiger partial charge on any atom is 0.277 e. The lowest BCUT2D eigenvalue weighted by atomic mass is 10.1. The second-order valence-corrected chi connectivity index (χ2v) is 10.0. The maximum atomic E-state index is 12.2. The molecule has 1 saturated heterocycles. The van der Waals surface area contributed by atoms with E-state index < -0.39 is 15.1 Å². The molecule has 2 aromatic heterocycles.